The standard InChI is InChI=1S/C10H18O3/c1-4-5-13-10(8(11)12)6-9(2,3)7-10/h4-7H2,1-3H3,(H,11,12). The lowest BCUT2D eigenvalue weighted by molar-refractivity contribution is -0.198. The number of hydrogen-bond acceptors (Lipinski definition) is 2. The molecule has 0 radical (unpaired) electrons. The molecule has 1 saturated carbocycles. The first-order chi connectivity index (χ1) is 5.92. The van der Waals surface area contributed by atoms with Crippen molar-refractivity contribution < 1.29 is 14.6 Å². The molecule has 0 spiro atoms. The quantitative estimate of drug-likeness (QED) is 0.731. The zero-order valence-corrected chi connectivity index (χ0v) is 8.59. The van der Waals surface area contributed by atoms with Gasteiger partial charge in [0.05, 0.1) is 0 Å². The molecule has 0 heterocycles. The van der Waals surface area contributed by atoms with Crippen LogP contribution in [0.4, 0.5) is 0 Å². The number of carbonyl (C=O) groups is 1. The Bertz CT molecular complexity index is 200. The third-order valence-corrected chi connectivity index (χ3v) is 2.50. The molecule has 1 N–H and O–H groups in total. The number of carboxylic acid groups (broad SMARTS) is 1. The van der Waals surface area contributed by atoms with E-state index in [0.29, 0.717) is 19.4 Å². The third kappa shape index (κ3) is 2.02. The summed E-state index contributed by atoms with van der Waals surface area (Å²) in [6.45, 7) is 6.68. The highest BCUT2D eigenvalue weighted by Crippen LogP contribution is 2.50. The minimum atomic E-state index is -0.875. The summed E-state index contributed by atoms with van der Waals surface area (Å²) < 4.78 is 5.41. The van der Waals surface area contributed by atoms with Crippen LogP contribution in [0.2, 0.25) is 0 Å². The molecule has 3 nitrogen and oxygen atoms in total. The summed E-state index contributed by atoms with van der Waals surface area (Å²) in [6.07, 6.45) is 2.14. The summed E-state index contributed by atoms with van der Waals surface area (Å²) in [5.74, 6) is -0.805. The number of aliphatic carboxylic acids is 1. The Labute approximate surface area is 79.1 Å². The average Bonchev–Trinajstić information content (AvgIpc) is 1.95. The lowest BCUT2D eigenvalue weighted by atomic mass is 9.61. The topological polar surface area (TPSA) is 46.5 Å². The first-order valence-electron chi connectivity index (χ1n) is 4.79. The lowest BCUT2D eigenvalue weighted by Crippen LogP contribution is -2.56. The summed E-state index contributed by atoms with van der Waals surface area (Å²) in [5.41, 5.74) is -0.744. The Morgan fingerprint density at radius 3 is 2.31 bits per heavy atom. The highest BCUT2D eigenvalue weighted by molar-refractivity contribution is 5.79. The van der Waals surface area contributed by atoms with Gasteiger partial charge < -0.3 is 9.84 Å². The fourth-order valence-corrected chi connectivity index (χ4v) is 2.11. The Hall–Kier alpha value is -0.570. The van der Waals surface area contributed by atoms with Crippen molar-refractivity contribution in [2.45, 2.75) is 45.6 Å². The van der Waals surface area contributed by atoms with Gasteiger partial charge >= 0.3 is 5.97 Å². The molecule has 0 aromatic heterocycles. The lowest BCUT2D eigenvalue weighted by Gasteiger charge is -2.49. The van der Waals surface area contributed by atoms with Crippen LogP contribution in [-0.4, -0.2) is 23.3 Å². The second-order valence-electron chi connectivity index (χ2n) is 4.67. The second kappa shape index (κ2) is 3.29. The molecular weight excluding hydrogens is 168 g/mol. The molecule has 0 unspecified atom stereocenters. The van der Waals surface area contributed by atoms with Crippen LogP contribution in [0.5, 0.6) is 0 Å². The van der Waals surface area contributed by atoms with Gasteiger partial charge in [-0.1, -0.05) is 20.8 Å². The number of rotatable bonds is 4. The van der Waals surface area contributed by atoms with Gasteiger partial charge in [0.2, 0.25) is 0 Å². The smallest absolute Gasteiger partial charge is 0.336 e. The molecule has 0 aromatic rings. The summed E-state index contributed by atoms with van der Waals surface area (Å²) in [4.78, 5) is 11.0. The number of carboxylic acids is 1. The Kier molecular flexibility index (Phi) is 2.66. The summed E-state index contributed by atoms with van der Waals surface area (Å²) in [6, 6.07) is 0. The molecule has 1 aliphatic carbocycles. The van der Waals surface area contributed by atoms with Gasteiger partial charge in [0.25, 0.3) is 0 Å². The van der Waals surface area contributed by atoms with Crippen molar-refractivity contribution in [3.8, 4) is 0 Å². The highest BCUT2D eigenvalue weighted by atomic mass is 16.5. The van der Waals surface area contributed by atoms with E-state index in [-0.39, 0.29) is 5.41 Å². The first-order valence-corrected chi connectivity index (χ1v) is 4.79. The van der Waals surface area contributed by atoms with Gasteiger partial charge in [-0.25, -0.2) is 4.79 Å². The Balaban J connectivity index is 2.55. The van der Waals surface area contributed by atoms with Crippen LogP contribution in [0.15, 0.2) is 0 Å². The number of hydrogen-bond donors (Lipinski definition) is 1. The normalized spacial score (nSPS) is 23.6. The summed E-state index contributed by atoms with van der Waals surface area (Å²) >= 11 is 0. The zero-order valence-electron chi connectivity index (χ0n) is 8.59. The van der Waals surface area contributed by atoms with Crippen LogP contribution in [0.3, 0.4) is 0 Å². The molecule has 0 atom stereocenters. The Morgan fingerprint density at radius 1 is 1.46 bits per heavy atom. The minimum Gasteiger partial charge on any atom is -0.479 e. The molecule has 76 valence electrons. The van der Waals surface area contributed by atoms with E-state index in [1.165, 1.54) is 0 Å². The fraction of sp³-hybridized carbons (Fsp3) is 0.900. The van der Waals surface area contributed by atoms with Crippen LogP contribution in [0.25, 0.3) is 0 Å². The molecule has 0 aliphatic heterocycles. The first kappa shape index (κ1) is 10.5. The molecule has 1 rings (SSSR count). The van der Waals surface area contributed by atoms with Gasteiger partial charge in [-0.05, 0) is 24.7 Å². The van der Waals surface area contributed by atoms with Crippen LogP contribution in [0, 0.1) is 5.41 Å². The van der Waals surface area contributed by atoms with Crippen molar-refractivity contribution in [2.75, 3.05) is 6.61 Å². The molecule has 0 amide bonds. The highest BCUT2D eigenvalue weighted by Gasteiger charge is 2.55. The van der Waals surface area contributed by atoms with Crippen molar-refractivity contribution in [3.63, 3.8) is 0 Å². The zero-order chi connectivity index (χ0) is 10.1. The van der Waals surface area contributed by atoms with Crippen LogP contribution >= 0.6 is 0 Å². The second-order valence-corrected chi connectivity index (χ2v) is 4.67. The maximum Gasteiger partial charge on any atom is 0.336 e. The predicted molar refractivity (Wildman–Crippen MR) is 49.6 cm³/mol. The van der Waals surface area contributed by atoms with Crippen molar-refractivity contribution in [1.29, 1.82) is 0 Å². The van der Waals surface area contributed by atoms with Crippen molar-refractivity contribution in [2.24, 2.45) is 5.41 Å². The van der Waals surface area contributed by atoms with E-state index in [1.807, 2.05) is 6.92 Å². The van der Waals surface area contributed by atoms with Crippen molar-refractivity contribution in [1.82, 2.24) is 0 Å². The molecule has 13 heavy (non-hydrogen) atoms. The summed E-state index contributed by atoms with van der Waals surface area (Å²) in [7, 11) is 0. The van der Waals surface area contributed by atoms with Crippen LogP contribution in [-0.2, 0) is 9.53 Å². The molecule has 3 heteroatoms. The van der Waals surface area contributed by atoms with Gasteiger partial charge in [-0.15, -0.1) is 0 Å². The van der Waals surface area contributed by atoms with Crippen LogP contribution < -0.4 is 0 Å². The monoisotopic (exact) mass is 186 g/mol. The predicted octanol–water partition coefficient (Wildman–Crippen LogP) is 2.06. The van der Waals surface area contributed by atoms with Gasteiger partial charge in [0.1, 0.15) is 0 Å². The molecular formula is C10H18O3. The molecule has 0 bridgehead atoms. The fourth-order valence-electron chi connectivity index (χ4n) is 2.11. The molecule has 0 aromatic carbocycles. The van der Waals surface area contributed by atoms with E-state index in [9.17, 15) is 4.79 Å². The minimum absolute atomic E-state index is 0.131. The van der Waals surface area contributed by atoms with Gasteiger partial charge in [-0.3, -0.25) is 0 Å². The van der Waals surface area contributed by atoms with E-state index in [0.717, 1.165) is 6.42 Å². The maximum atomic E-state index is 11.0. The van der Waals surface area contributed by atoms with E-state index >= 15 is 0 Å². The van der Waals surface area contributed by atoms with Gasteiger partial charge in [-0.2, -0.15) is 0 Å². The van der Waals surface area contributed by atoms with Crippen molar-refractivity contribution in [3.05, 3.63) is 0 Å². The molecule has 0 saturated heterocycles. The third-order valence-electron chi connectivity index (χ3n) is 2.50. The largest absolute Gasteiger partial charge is 0.479 e. The van der Waals surface area contributed by atoms with E-state index in [2.05, 4.69) is 13.8 Å². The Morgan fingerprint density at radius 2 is 2.00 bits per heavy atom. The number of ether oxygens (including phenoxy) is 1. The average molecular weight is 186 g/mol. The SMILES string of the molecule is CCCOC1(C(=O)O)CC(C)(C)C1. The summed E-state index contributed by atoms with van der Waals surface area (Å²) in [5, 5.41) is 9.02. The van der Waals surface area contributed by atoms with E-state index in [1.54, 1.807) is 0 Å². The van der Waals surface area contributed by atoms with E-state index < -0.39 is 11.6 Å². The van der Waals surface area contributed by atoms with Crippen molar-refractivity contribution >= 4 is 5.97 Å². The maximum absolute atomic E-state index is 11.0. The van der Waals surface area contributed by atoms with Crippen LogP contribution in [0.1, 0.15) is 40.0 Å². The molecule has 1 aliphatic rings. The van der Waals surface area contributed by atoms with Gasteiger partial charge in [0.15, 0.2) is 5.60 Å². The van der Waals surface area contributed by atoms with Gasteiger partial charge in [0, 0.05) is 6.61 Å². The van der Waals surface area contributed by atoms with E-state index in [4.69, 9.17) is 9.84 Å². The molecule has 1 fully saturated rings.